The molecule has 0 aliphatic heterocycles. The zero-order chi connectivity index (χ0) is 11.3. The van der Waals surface area contributed by atoms with Crippen molar-refractivity contribution in [2.75, 3.05) is 5.73 Å². The molecule has 0 aromatic carbocycles. The quantitative estimate of drug-likeness (QED) is 0.682. The Balaban J connectivity index is 0.000000364. The minimum Gasteiger partial charge on any atom is -0.481 e. The summed E-state index contributed by atoms with van der Waals surface area (Å²) in [6.07, 6.45) is 1.20. The zero-order valence-corrected chi connectivity index (χ0v) is 8.60. The van der Waals surface area contributed by atoms with Crippen LogP contribution in [0.5, 0.6) is 0 Å². The van der Waals surface area contributed by atoms with Crippen LogP contribution in [0, 0.1) is 5.82 Å². The lowest BCUT2D eigenvalue weighted by Crippen LogP contribution is -1.93. The number of halogens is 3. The Hall–Kier alpha value is -1.07. The Morgan fingerprint density at radius 2 is 2.07 bits per heavy atom. The van der Waals surface area contributed by atoms with E-state index in [9.17, 15) is 4.39 Å². The van der Waals surface area contributed by atoms with Gasteiger partial charge in [-0.2, -0.15) is 0 Å². The van der Waals surface area contributed by atoms with E-state index in [1.165, 1.54) is 6.20 Å². The maximum Gasteiger partial charge on any atom is 0.300 e. The maximum absolute atomic E-state index is 12.6. The molecule has 0 amide bonds. The predicted octanol–water partition coefficient (Wildman–Crippen LogP) is 2.20. The van der Waals surface area contributed by atoms with Gasteiger partial charge in [0.05, 0.1) is 10.7 Å². The van der Waals surface area contributed by atoms with Gasteiger partial charge in [-0.15, -0.1) is 0 Å². The van der Waals surface area contributed by atoms with E-state index < -0.39 is 11.8 Å². The molecule has 0 radical (unpaired) electrons. The van der Waals surface area contributed by atoms with Crippen molar-refractivity contribution in [3.05, 3.63) is 22.2 Å². The van der Waals surface area contributed by atoms with Crippen molar-refractivity contribution >= 4 is 34.9 Å². The molecule has 0 atom stereocenters. The van der Waals surface area contributed by atoms with E-state index in [1.54, 1.807) is 0 Å². The second kappa shape index (κ2) is 5.62. The molecule has 1 rings (SSSR count). The van der Waals surface area contributed by atoms with Gasteiger partial charge in [0.2, 0.25) is 0 Å². The fourth-order valence-electron chi connectivity index (χ4n) is 0.456. The number of aromatic nitrogens is 1. The van der Waals surface area contributed by atoms with Gasteiger partial charge in [0, 0.05) is 13.1 Å². The standard InChI is InChI=1S/C5H3Cl2FN2.C2H4O2/c6-2-1-10-5(7)3(8)4(2)9;1-2(3)4/h1H,(H2,9,10);1H3,(H,3,4). The predicted molar refractivity (Wildman–Crippen MR) is 51.9 cm³/mol. The second-order valence-corrected chi connectivity index (χ2v) is 2.91. The SMILES string of the molecule is CC(=O)O.Nc1c(Cl)cnc(Cl)c1F. The second-order valence-electron chi connectivity index (χ2n) is 2.14. The van der Waals surface area contributed by atoms with Crippen LogP contribution in [0.4, 0.5) is 10.1 Å². The zero-order valence-electron chi connectivity index (χ0n) is 7.09. The number of nitrogen functional groups attached to an aromatic ring is 1. The topological polar surface area (TPSA) is 76.2 Å². The van der Waals surface area contributed by atoms with E-state index in [-0.39, 0.29) is 15.9 Å². The maximum atomic E-state index is 12.6. The molecule has 1 heterocycles. The van der Waals surface area contributed by atoms with Crippen molar-refractivity contribution in [3.63, 3.8) is 0 Å². The van der Waals surface area contributed by atoms with Crippen molar-refractivity contribution < 1.29 is 14.3 Å². The third-order valence-corrected chi connectivity index (χ3v) is 1.53. The van der Waals surface area contributed by atoms with Gasteiger partial charge in [-0.25, -0.2) is 9.37 Å². The van der Waals surface area contributed by atoms with Gasteiger partial charge >= 0.3 is 0 Å². The number of hydrogen-bond donors (Lipinski definition) is 2. The fourth-order valence-corrected chi connectivity index (χ4v) is 0.738. The van der Waals surface area contributed by atoms with Crippen molar-refractivity contribution in [1.29, 1.82) is 0 Å². The van der Waals surface area contributed by atoms with Crippen LogP contribution < -0.4 is 5.73 Å². The van der Waals surface area contributed by atoms with Crippen molar-refractivity contribution in [3.8, 4) is 0 Å². The van der Waals surface area contributed by atoms with E-state index >= 15 is 0 Å². The molecule has 1 aromatic heterocycles. The summed E-state index contributed by atoms with van der Waals surface area (Å²) >= 11 is 10.7. The highest BCUT2D eigenvalue weighted by Gasteiger charge is 2.07. The van der Waals surface area contributed by atoms with E-state index in [0.29, 0.717) is 0 Å². The molecule has 0 bridgehead atoms. The Kier molecular flexibility index (Phi) is 5.19. The molecule has 3 N–H and O–H groups in total. The van der Waals surface area contributed by atoms with E-state index in [0.717, 1.165) is 6.92 Å². The number of nitrogens with zero attached hydrogens (tertiary/aromatic N) is 1. The van der Waals surface area contributed by atoms with E-state index in [2.05, 4.69) is 4.98 Å². The average Bonchev–Trinajstić information content (AvgIpc) is 2.07. The molecule has 78 valence electrons. The molecule has 0 unspecified atom stereocenters. The van der Waals surface area contributed by atoms with Gasteiger partial charge in [0.1, 0.15) is 0 Å². The third-order valence-electron chi connectivity index (χ3n) is 0.966. The average molecular weight is 241 g/mol. The number of carboxylic acids is 1. The van der Waals surface area contributed by atoms with Crippen LogP contribution in [0.3, 0.4) is 0 Å². The highest BCUT2D eigenvalue weighted by molar-refractivity contribution is 6.34. The van der Waals surface area contributed by atoms with Crippen LogP contribution in [-0.4, -0.2) is 16.1 Å². The molecule has 4 nitrogen and oxygen atoms in total. The summed E-state index contributed by atoms with van der Waals surface area (Å²) in [4.78, 5) is 12.4. The lowest BCUT2D eigenvalue weighted by Gasteiger charge is -1.98. The number of aliphatic carboxylic acids is 1. The Bertz CT molecular complexity index is 316. The molecule has 1 aromatic rings. The molecule has 0 saturated carbocycles. The van der Waals surface area contributed by atoms with Crippen LogP contribution in [0.15, 0.2) is 6.20 Å². The summed E-state index contributed by atoms with van der Waals surface area (Å²) in [5, 5.41) is 7.23. The third kappa shape index (κ3) is 4.25. The lowest BCUT2D eigenvalue weighted by molar-refractivity contribution is -0.134. The minimum atomic E-state index is -0.833. The van der Waals surface area contributed by atoms with Crippen LogP contribution in [0.2, 0.25) is 10.2 Å². The summed E-state index contributed by atoms with van der Waals surface area (Å²) in [7, 11) is 0. The molecule has 0 aliphatic rings. The van der Waals surface area contributed by atoms with Crippen LogP contribution in [-0.2, 0) is 4.79 Å². The largest absolute Gasteiger partial charge is 0.481 e. The number of nitrogens with two attached hydrogens (primary N) is 1. The number of carboxylic acid groups (broad SMARTS) is 1. The minimum absolute atomic E-state index is 0.0712. The van der Waals surface area contributed by atoms with Crippen molar-refractivity contribution in [2.24, 2.45) is 0 Å². The molecule has 0 spiro atoms. The molecule has 0 fully saturated rings. The lowest BCUT2D eigenvalue weighted by atomic mass is 10.4. The van der Waals surface area contributed by atoms with Gasteiger partial charge in [-0.3, -0.25) is 4.79 Å². The number of pyridine rings is 1. The Morgan fingerprint density at radius 1 is 1.64 bits per heavy atom. The summed E-state index contributed by atoms with van der Waals surface area (Å²) in [6, 6.07) is 0. The van der Waals surface area contributed by atoms with Gasteiger partial charge in [-0.1, -0.05) is 23.2 Å². The molecular formula is C7H7Cl2FN2O2. The van der Waals surface area contributed by atoms with Crippen molar-refractivity contribution in [1.82, 2.24) is 4.98 Å². The highest BCUT2D eigenvalue weighted by Crippen LogP contribution is 2.24. The molecule has 14 heavy (non-hydrogen) atoms. The van der Waals surface area contributed by atoms with Crippen LogP contribution in [0.1, 0.15) is 6.92 Å². The first-order valence-corrected chi connectivity index (χ1v) is 4.06. The number of hydrogen-bond acceptors (Lipinski definition) is 3. The fraction of sp³-hybridized carbons (Fsp3) is 0.143. The van der Waals surface area contributed by atoms with Gasteiger partial charge < -0.3 is 10.8 Å². The number of carbonyl (C=O) groups is 1. The number of anilines is 1. The molecule has 0 aliphatic carbocycles. The van der Waals surface area contributed by atoms with Crippen molar-refractivity contribution in [2.45, 2.75) is 6.92 Å². The Labute approximate surface area is 89.5 Å². The Morgan fingerprint density at radius 3 is 2.43 bits per heavy atom. The monoisotopic (exact) mass is 240 g/mol. The summed E-state index contributed by atoms with van der Waals surface area (Å²) in [6.45, 7) is 1.08. The molecule has 7 heteroatoms. The first-order chi connectivity index (χ1) is 6.36. The van der Waals surface area contributed by atoms with Crippen LogP contribution >= 0.6 is 23.2 Å². The first kappa shape index (κ1) is 12.9. The van der Waals surface area contributed by atoms with Crippen LogP contribution in [0.25, 0.3) is 0 Å². The van der Waals surface area contributed by atoms with Gasteiger partial charge in [-0.05, 0) is 0 Å². The first-order valence-electron chi connectivity index (χ1n) is 3.30. The van der Waals surface area contributed by atoms with Gasteiger partial charge in [0.15, 0.2) is 11.0 Å². The summed E-state index contributed by atoms with van der Waals surface area (Å²) in [5.74, 6) is -1.60. The molecule has 0 saturated heterocycles. The van der Waals surface area contributed by atoms with E-state index in [4.69, 9.17) is 38.8 Å². The van der Waals surface area contributed by atoms with E-state index in [1.807, 2.05) is 0 Å². The summed E-state index contributed by atoms with van der Waals surface area (Å²) < 4.78 is 12.6. The normalized spacial score (nSPS) is 8.86. The number of rotatable bonds is 0. The smallest absolute Gasteiger partial charge is 0.300 e. The highest BCUT2D eigenvalue weighted by atomic mass is 35.5. The van der Waals surface area contributed by atoms with Gasteiger partial charge in [0.25, 0.3) is 5.97 Å². The summed E-state index contributed by atoms with van der Waals surface area (Å²) in [5.41, 5.74) is 4.99. The molecular weight excluding hydrogens is 234 g/mol.